The summed E-state index contributed by atoms with van der Waals surface area (Å²) < 4.78 is 0. The fourth-order valence-electron chi connectivity index (χ4n) is 3.62. The van der Waals surface area contributed by atoms with Gasteiger partial charge in [0.1, 0.15) is 0 Å². The van der Waals surface area contributed by atoms with Gasteiger partial charge in [0, 0.05) is 43.7 Å². The lowest BCUT2D eigenvalue weighted by molar-refractivity contribution is 0.00726. The summed E-state index contributed by atoms with van der Waals surface area (Å²) >= 11 is 0. The van der Waals surface area contributed by atoms with Gasteiger partial charge in [-0.05, 0) is 6.08 Å². The Morgan fingerprint density at radius 1 is 0.893 bits per heavy atom. The summed E-state index contributed by atoms with van der Waals surface area (Å²) in [6.07, 6.45) is 14.4. The number of ketones is 1. The number of benzene rings is 1. The van der Waals surface area contributed by atoms with Gasteiger partial charge in [0.15, 0.2) is 5.78 Å². The van der Waals surface area contributed by atoms with Crippen molar-refractivity contribution in [2.75, 3.05) is 26.2 Å². The van der Waals surface area contributed by atoms with E-state index in [1.54, 1.807) is 0 Å². The van der Waals surface area contributed by atoms with Gasteiger partial charge in [-0.1, -0.05) is 66.8 Å². The van der Waals surface area contributed by atoms with E-state index in [1.165, 1.54) is 0 Å². The molecule has 0 radical (unpaired) electrons. The van der Waals surface area contributed by atoms with Crippen LogP contribution in [0.1, 0.15) is 16.8 Å². The number of allylic oxidation sites excluding steroid dienone is 2. The molecule has 0 N–H and O–H groups in total. The molecule has 28 heavy (non-hydrogen) atoms. The Morgan fingerprint density at radius 2 is 1.39 bits per heavy atom. The maximum absolute atomic E-state index is 12.8. The van der Waals surface area contributed by atoms with E-state index in [1.807, 2.05) is 66.8 Å². The molecular formula is C25H30N2O. The Bertz CT molecular complexity index is 729. The number of hydrogen-bond donors (Lipinski definition) is 0. The highest BCUT2D eigenvalue weighted by Gasteiger charge is 2.39. The van der Waals surface area contributed by atoms with E-state index in [0.29, 0.717) is 38.2 Å². The molecule has 1 aliphatic rings. The highest BCUT2D eigenvalue weighted by Crippen LogP contribution is 2.32. The van der Waals surface area contributed by atoms with Crippen LogP contribution in [0.2, 0.25) is 0 Å². The Labute approximate surface area is 169 Å². The zero-order valence-electron chi connectivity index (χ0n) is 16.6. The summed E-state index contributed by atoms with van der Waals surface area (Å²) in [5.41, 5.74) is 1.02. The lowest BCUT2D eigenvalue weighted by Gasteiger charge is -2.49. The van der Waals surface area contributed by atoms with E-state index in [2.05, 4.69) is 42.2 Å². The van der Waals surface area contributed by atoms with Crippen LogP contribution in [-0.2, 0) is 0 Å². The molecule has 1 aromatic rings. The molecule has 2 rings (SSSR count). The third-order valence-electron chi connectivity index (χ3n) is 4.94. The van der Waals surface area contributed by atoms with Gasteiger partial charge < -0.3 is 0 Å². The molecule has 0 unspecified atom stereocenters. The van der Waals surface area contributed by atoms with Crippen LogP contribution in [-0.4, -0.2) is 47.4 Å². The molecular weight excluding hydrogens is 344 g/mol. The van der Waals surface area contributed by atoms with Crippen molar-refractivity contribution in [1.82, 2.24) is 9.80 Å². The van der Waals surface area contributed by atoms with E-state index in [-0.39, 0.29) is 5.78 Å². The SMILES string of the molecule is C=CCN(CC=C)C1(N(CC=C)CC=C)C=CC(C(=O)c2ccccc2)=CC1. The van der Waals surface area contributed by atoms with Crippen molar-refractivity contribution >= 4 is 5.78 Å². The smallest absolute Gasteiger partial charge is 0.192 e. The lowest BCUT2D eigenvalue weighted by atomic mass is 9.89. The van der Waals surface area contributed by atoms with Gasteiger partial charge in [0.2, 0.25) is 0 Å². The van der Waals surface area contributed by atoms with Gasteiger partial charge in [-0.3, -0.25) is 14.6 Å². The average molecular weight is 375 g/mol. The summed E-state index contributed by atoms with van der Waals surface area (Å²) in [6, 6.07) is 9.38. The van der Waals surface area contributed by atoms with Crippen LogP contribution in [0.25, 0.3) is 0 Å². The van der Waals surface area contributed by atoms with Gasteiger partial charge in [-0.2, -0.15) is 0 Å². The third-order valence-corrected chi connectivity index (χ3v) is 4.94. The molecule has 0 aliphatic heterocycles. The van der Waals surface area contributed by atoms with Crippen LogP contribution in [0.15, 0.2) is 105 Å². The molecule has 3 heteroatoms. The van der Waals surface area contributed by atoms with Crippen molar-refractivity contribution in [1.29, 1.82) is 0 Å². The largest absolute Gasteiger partial charge is 0.289 e. The van der Waals surface area contributed by atoms with Crippen LogP contribution in [0.3, 0.4) is 0 Å². The second-order valence-electron chi connectivity index (χ2n) is 6.74. The number of carbonyl (C=O) groups excluding carboxylic acids is 1. The second kappa shape index (κ2) is 10.5. The van der Waals surface area contributed by atoms with Gasteiger partial charge >= 0.3 is 0 Å². The van der Waals surface area contributed by atoms with Gasteiger partial charge in [-0.25, -0.2) is 0 Å². The minimum Gasteiger partial charge on any atom is -0.289 e. The van der Waals surface area contributed by atoms with Gasteiger partial charge in [0.25, 0.3) is 0 Å². The Kier molecular flexibility index (Phi) is 8.12. The van der Waals surface area contributed by atoms with E-state index >= 15 is 0 Å². The van der Waals surface area contributed by atoms with Crippen molar-refractivity contribution in [2.24, 2.45) is 0 Å². The van der Waals surface area contributed by atoms with Crippen molar-refractivity contribution in [3.05, 3.63) is 110 Å². The van der Waals surface area contributed by atoms with E-state index in [9.17, 15) is 4.79 Å². The number of carbonyl (C=O) groups is 1. The maximum atomic E-state index is 12.8. The molecule has 3 nitrogen and oxygen atoms in total. The average Bonchev–Trinajstić information content (AvgIpc) is 2.74. The zero-order chi connectivity index (χ0) is 20.4. The predicted molar refractivity (Wildman–Crippen MR) is 119 cm³/mol. The quantitative estimate of drug-likeness (QED) is 0.298. The number of hydrogen-bond acceptors (Lipinski definition) is 3. The van der Waals surface area contributed by atoms with Crippen molar-refractivity contribution in [3.8, 4) is 0 Å². The summed E-state index contributed by atoms with van der Waals surface area (Å²) in [5.74, 6) is 0.0448. The Hall–Kier alpha value is -2.75. The lowest BCUT2D eigenvalue weighted by Crippen LogP contribution is -2.60. The van der Waals surface area contributed by atoms with E-state index in [4.69, 9.17) is 0 Å². The number of nitrogens with zero attached hydrogens (tertiary/aromatic N) is 2. The van der Waals surface area contributed by atoms with Gasteiger partial charge in [-0.15, -0.1) is 26.3 Å². The summed E-state index contributed by atoms with van der Waals surface area (Å²) in [5, 5.41) is 0. The van der Waals surface area contributed by atoms with Crippen LogP contribution in [0.5, 0.6) is 0 Å². The normalized spacial score (nSPS) is 15.1. The first-order valence-corrected chi connectivity index (χ1v) is 9.55. The molecule has 0 saturated heterocycles. The molecule has 0 saturated carbocycles. The minimum atomic E-state index is -0.398. The van der Waals surface area contributed by atoms with Crippen molar-refractivity contribution in [3.63, 3.8) is 0 Å². The zero-order valence-corrected chi connectivity index (χ0v) is 16.6. The van der Waals surface area contributed by atoms with Crippen LogP contribution in [0, 0.1) is 0 Å². The van der Waals surface area contributed by atoms with Gasteiger partial charge in [0.05, 0.1) is 5.66 Å². The first-order chi connectivity index (χ1) is 13.6. The highest BCUT2D eigenvalue weighted by molar-refractivity contribution is 6.10. The molecule has 0 fully saturated rings. The molecule has 1 aliphatic carbocycles. The topological polar surface area (TPSA) is 23.6 Å². The second-order valence-corrected chi connectivity index (χ2v) is 6.74. The van der Waals surface area contributed by atoms with Crippen molar-refractivity contribution in [2.45, 2.75) is 12.1 Å². The number of Topliss-reactive ketones (excluding diaryl/α,β-unsaturated/α-hetero) is 1. The van der Waals surface area contributed by atoms with Crippen LogP contribution >= 0.6 is 0 Å². The monoisotopic (exact) mass is 374 g/mol. The summed E-state index contributed by atoms with van der Waals surface area (Å²) in [7, 11) is 0. The molecule has 0 spiro atoms. The summed E-state index contributed by atoms with van der Waals surface area (Å²) in [6.45, 7) is 18.5. The molecule has 0 amide bonds. The van der Waals surface area contributed by atoms with Crippen LogP contribution in [0.4, 0.5) is 0 Å². The fourth-order valence-corrected chi connectivity index (χ4v) is 3.62. The molecule has 0 heterocycles. The first kappa shape index (κ1) is 21.5. The third kappa shape index (κ3) is 4.75. The standard InChI is InChI=1S/C25H30N2O/c1-5-18-26(19-6-2)25(27(20-7-3)21-8-4)16-14-23(15-17-25)24(28)22-12-10-9-11-13-22/h5-16H,1-4,17-21H2. The number of rotatable bonds is 12. The van der Waals surface area contributed by atoms with E-state index in [0.717, 1.165) is 5.57 Å². The fraction of sp³-hybridized carbons (Fsp3) is 0.240. The van der Waals surface area contributed by atoms with Crippen molar-refractivity contribution < 1.29 is 4.79 Å². The molecule has 146 valence electrons. The first-order valence-electron chi connectivity index (χ1n) is 9.55. The van der Waals surface area contributed by atoms with E-state index < -0.39 is 5.66 Å². The molecule has 1 aromatic carbocycles. The highest BCUT2D eigenvalue weighted by atomic mass is 16.1. The molecule has 0 bridgehead atoms. The Balaban J connectivity index is 2.40. The maximum Gasteiger partial charge on any atom is 0.192 e. The van der Waals surface area contributed by atoms with Crippen LogP contribution < -0.4 is 0 Å². The minimum absolute atomic E-state index is 0.0448. The molecule has 0 aromatic heterocycles. The molecule has 0 atom stereocenters. The summed E-state index contributed by atoms with van der Waals surface area (Å²) in [4.78, 5) is 17.4. The predicted octanol–water partition coefficient (Wildman–Crippen LogP) is 4.80. The Morgan fingerprint density at radius 3 is 1.79 bits per heavy atom.